The minimum atomic E-state index is 0.601. The molecule has 3 aromatic rings. The van der Waals surface area contributed by atoms with Crippen molar-refractivity contribution in [2.24, 2.45) is 0 Å². The molecule has 0 atom stereocenters. The normalized spacial score (nSPS) is 10.5. The average molecular weight is 296 g/mol. The molecule has 0 bridgehead atoms. The summed E-state index contributed by atoms with van der Waals surface area (Å²) >= 11 is 0. The largest absolute Gasteiger partial charge is 0.496 e. The summed E-state index contributed by atoms with van der Waals surface area (Å²) < 4.78 is 10.7. The second kappa shape index (κ2) is 5.85. The summed E-state index contributed by atoms with van der Waals surface area (Å²) in [7, 11) is 5.48. The van der Waals surface area contributed by atoms with Crippen molar-refractivity contribution in [1.82, 2.24) is 15.0 Å². The van der Waals surface area contributed by atoms with Crippen molar-refractivity contribution in [2.75, 3.05) is 26.1 Å². The zero-order chi connectivity index (χ0) is 15.5. The molecule has 0 amide bonds. The van der Waals surface area contributed by atoms with Crippen molar-refractivity contribution in [3.05, 3.63) is 43.1 Å². The molecule has 0 aliphatic rings. The van der Waals surface area contributed by atoms with Crippen LogP contribution >= 0.6 is 0 Å². The standard InChI is InChI=1S/C16H16N4O2/c1-20(2)16-12(14-9-17-10-22-14)8-18-15(19-16)11-6-4-5-7-13(11)21-3/h4-10H,1-3H3. The lowest BCUT2D eigenvalue weighted by Gasteiger charge is -2.16. The lowest BCUT2D eigenvalue weighted by Crippen LogP contribution is -2.13. The van der Waals surface area contributed by atoms with Crippen molar-refractivity contribution in [1.29, 1.82) is 0 Å². The third kappa shape index (κ3) is 2.50. The monoisotopic (exact) mass is 296 g/mol. The van der Waals surface area contributed by atoms with Crippen molar-refractivity contribution < 1.29 is 9.15 Å². The van der Waals surface area contributed by atoms with E-state index in [2.05, 4.69) is 15.0 Å². The molecule has 0 unspecified atom stereocenters. The number of benzene rings is 1. The highest BCUT2D eigenvalue weighted by Gasteiger charge is 2.16. The van der Waals surface area contributed by atoms with Gasteiger partial charge >= 0.3 is 0 Å². The maximum atomic E-state index is 5.38. The smallest absolute Gasteiger partial charge is 0.181 e. The van der Waals surface area contributed by atoms with Crippen LogP contribution in [0, 0.1) is 0 Å². The fourth-order valence-electron chi connectivity index (χ4n) is 2.20. The van der Waals surface area contributed by atoms with E-state index in [1.165, 1.54) is 6.39 Å². The van der Waals surface area contributed by atoms with Gasteiger partial charge in [0.25, 0.3) is 0 Å². The molecule has 2 heterocycles. The molecule has 0 radical (unpaired) electrons. The Hall–Kier alpha value is -2.89. The number of nitrogens with zero attached hydrogens (tertiary/aromatic N) is 4. The van der Waals surface area contributed by atoms with Gasteiger partial charge in [0.05, 0.1) is 24.4 Å². The third-order valence-electron chi connectivity index (χ3n) is 3.24. The fraction of sp³-hybridized carbons (Fsp3) is 0.188. The van der Waals surface area contributed by atoms with E-state index in [1.807, 2.05) is 43.3 Å². The molecular formula is C16H16N4O2. The molecular weight excluding hydrogens is 280 g/mol. The van der Waals surface area contributed by atoms with Crippen LogP contribution in [0.4, 0.5) is 5.82 Å². The van der Waals surface area contributed by atoms with Crippen LogP contribution in [-0.4, -0.2) is 36.2 Å². The molecule has 0 N–H and O–H groups in total. The van der Waals surface area contributed by atoms with E-state index in [4.69, 9.17) is 9.15 Å². The van der Waals surface area contributed by atoms with Crippen molar-refractivity contribution in [3.63, 3.8) is 0 Å². The van der Waals surface area contributed by atoms with Gasteiger partial charge in [-0.3, -0.25) is 0 Å². The fourth-order valence-corrected chi connectivity index (χ4v) is 2.20. The Morgan fingerprint density at radius 3 is 2.59 bits per heavy atom. The number of aromatic nitrogens is 3. The van der Waals surface area contributed by atoms with E-state index in [0.29, 0.717) is 11.6 Å². The van der Waals surface area contributed by atoms with Crippen molar-refractivity contribution in [3.8, 4) is 28.5 Å². The average Bonchev–Trinajstić information content (AvgIpc) is 3.08. The number of para-hydroxylation sites is 1. The predicted molar refractivity (Wildman–Crippen MR) is 83.8 cm³/mol. The molecule has 0 saturated carbocycles. The van der Waals surface area contributed by atoms with Gasteiger partial charge in [-0.15, -0.1) is 0 Å². The zero-order valence-electron chi connectivity index (χ0n) is 12.6. The predicted octanol–water partition coefficient (Wildman–Crippen LogP) is 2.87. The summed E-state index contributed by atoms with van der Waals surface area (Å²) in [4.78, 5) is 15.0. The van der Waals surface area contributed by atoms with Gasteiger partial charge in [0.2, 0.25) is 0 Å². The van der Waals surface area contributed by atoms with Crippen LogP contribution < -0.4 is 9.64 Å². The molecule has 1 aromatic carbocycles. The maximum absolute atomic E-state index is 5.38. The Kier molecular flexibility index (Phi) is 3.74. The van der Waals surface area contributed by atoms with Crippen LogP contribution in [0.5, 0.6) is 5.75 Å². The first-order valence-electron chi connectivity index (χ1n) is 6.77. The summed E-state index contributed by atoms with van der Waals surface area (Å²) in [6.07, 6.45) is 4.78. The summed E-state index contributed by atoms with van der Waals surface area (Å²) in [5, 5.41) is 0. The zero-order valence-corrected chi connectivity index (χ0v) is 12.6. The highest BCUT2D eigenvalue weighted by Crippen LogP contribution is 2.32. The first-order chi connectivity index (χ1) is 10.7. The maximum Gasteiger partial charge on any atom is 0.181 e. The summed E-state index contributed by atoms with van der Waals surface area (Å²) in [5.41, 5.74) is 1.64. The molecule has 112 valence electrons. The van der Waals surface area contributed by atoms with E-state index in [-0.39, 0.29) is 0 Å². The van der Waals surface area contributed by atoms with Gasteiger partial charge in [0.1, 0.15) is 11.6 Å². The highest BCUT2D eigenvalue weighted by molar-refractivity contribution is 5.74. The van der Waals surface area contributed by atoms with Gasteiger partial charge in [-0.05, 0) is 12.1 Å². The van der Waals surface area contributed by atoms with E-state index in [0.717, 1.165) is 22.7 Å². The Bertz CT molecular complexity index is 770. The van der Waals surface area contributed by atoms with E-state index in [9.17, 15) is 0 Å². The van der Waals surface area contributed by atoms with Crippen LogP contribution in [0.25, 0.3) is 22.7 Å². The molecule has 0 aliphatic carbocycles. The molecule has 0 saturated heterocycles. The van der Waals surface area contributed by atoms with Crippen LogP contribution in [0.15, 0.2) is 47.5 Å². The van der Waals surface area contributed by atoms with Gasteiger partial charge in [0, 0.05) is 20.3 Å². The van der Waals surface area contributed by atoms with E-state index < -0.39 is 0 Å². The molecule has 22 heavy (non-hydrogen) atoms. The third-order valence-corrected chi connectivity index (χ3v) is 3.24. The number of hydrogen-bond donors (Lipinski definition) is 0. The molecule has 2 aromatic heterocycles. The second-order valence-electron chi connectivity index (χ2n) is 4.89. The van der Waals surface area contributed by atoms with E-state index in [1.54, 1.807) is 19.5 Å². The second-order valence-corrected chi connectivity index (χ2v) is 4.89. The molecule has 6 heteroatoms. The highest BCUT2D eigenvalue weighted by atomic mass is 16.5. The van der Waals surface area contributed by atoms with Gasteiger partial charge in [-0.25, -0.2) is 15.0 Å². The molecule has 3 rings (SSSR count). The Morgan fingerprint density at radius 2 is 1.91 bits per heavy atom. The molecule has 0 fully saturated rings. The Balaban J connectivity index is 2.14. The van der Waals surface area contributed by atoms with Crippen LogP contribution in [0.2, 0.25) is 0 Å². The minimum absolute atomic E-state index is 0.601. The van der Waals surface area contributed by atoms with Gasteiger partial charge < -0.3 is 14.1 Å². The summed E-state index contributed by atoms with van der Waals surface area (Å²) in [6, 6.07) is 7.67. The number of anilines is 1. The summed E-state index contributed by atoms with van der Waals surface area (Å²) in [5.74, 6) is 2.73. The van der Waals surface area contributed by atoms with Crippen molar-refractivity contribution in [2.45, 2.75) is 0 Å². The van der Waals surface area contributed by atoms with E-state index >= 15 is 0 Å². The number of hydrogen-bond acceptors (Lipinski definition) is 6. The van der Waals surface area contributed by atoms with Crippen LogP contribution in [0.1, 0.15) is 0 Å². The van der Waals surface area contributed by atoms with Crippen LogP contribution in [-0.2, 0) is 0 Å². The van der Waals surface area contributed by atoms with Gasteiger partial charge in [0.15, 0.2) is 18.0 Å². The minimum Gasteiger partial charge on any atom is -0.496 e. The lowest BCUT2D eigenvalue weighted by atomic mass is 10.1. The lowest BCUT2D eigenvalue weighted by molar-refractivity contribution is 0.416. The molecule has 0 spiro atoms. The molecule has 6 nitrogen and oxygen atoms in total. The topological polar surface area (TPSA) is 64.3 Å². The van der Waals surface area contributed by atoms with Crippen LogP contribution in [0.3, 0.4) is 0 Å². The Labute approximate surface area is 128 Å². The van der Waals surface area contributed by atoms with Gasteiger partial charge in [-0.1, -0.05) is 12.1 Å². The Morgan fingerprint density at radius 1 is 1.09 bits per heavy atom. The van der Waals surface area contributed by atoms with Crippen molar-refractivity contribution >= 4 is 5.82 Å². The first kappa shape index (κ1) is 14.1. The SMILES string of the molecule is COc1ccccc1-c1ncc(-c2cnco2)c(N(C)C)n1. The number of rotatable bonds is 4. The first-order valence-corrected chi connectivity index (χ1v) is 6.77. The number of ether oxygens (including phenoxy) is 1. The molecule has 0 aliphatic heterocycles. The number of oxazole rings is 1. The quantitative estimate of drug-likeness (QED) is 0.737. The summed E-state index contributed by atoms with van der Waals surface area (Å²) in [6.45, 7) is 0. The van der Waals surface area contributed by atoms with Gasteiger partial charge in [-0.2, -0.15) is 0 Å². The number of methoxy groups -OCH3 is 1.